The largest absolute Gasteiger partial charge is 0.358 e. The monoisotopic (exact) mass is 471 g/mol. The van der Waals surface area contributed by atoms with E-state index in [-0.39, 0.29) is 136 Å². The molecule has 0 fully saturated rings. The molecule has 0 atom stereocenters. The normalized spacial score (nSPS) is 0. The van der Waals surface area contributed by atoms with Crippen molar-refractivity contribution in [2.45, 2.75) is 0 Å². The Morgan fingerprint density at radius 1 is 0.300 bits per heavy atom. The predicted molar refractivity (Wildman–Crippen MR) is 89.5 cm³/mol. The Morgan fingerprint density at radius 3 is 0.300 bits per heavy atom. The average Bonchev–Trinajstić information content (AvgIpc) is 0. The van der Waals surface area contributed by atoms with Crippen molar-refractivity contribution in [3.05, 3.63) is 7.43 Å². The van der Waals surface area contributed by atoms with Crippen molar-refractivity contribution >= 4 is 108 Å². The molecule has 0 saturated heterocycles. The van der Waals surface area contributed by atoms with E-state index in [1.807, 2.05) is 0 Å². The summed E-state index contributed by atoms with van der Waals surface area (Å²) < 4.78 is 0. The Balaban J connectivity index is 0. The van der Waals surface area contributed by atoms with Gasteiger partial charge in [-0.15, -0.1) is 0 Å². The van der Waals surface area contributed by atoms with Crippen LogP contribution >= 0.6 is 108 Å². The third-order valence-corrected chi connectivity index (χ3v) is 0. The van der Waals surface area contributed by atoms with Crippen LogP contribution in [0.1, 0.15) is 0 Å². The van der Waals surface area contributed by atoms with E-state index in [1.54, 1.807) is 0 Å². The zero-order chi connectivity index (χ0) is 0. The summed E-state index contributed by atoms with van der Waals surface area (Å²) in [5, 5.41) is 0. The molecular formula is CH19S8W-. The first-order valence-corrected chi connectivity index (χ1v) is 0. The van der Waals surface area contributed by atoms with Gasteiger partial charge in [-0.2, -0.15) is 108 Å². The minimum Gasteiger partial charge on any atom is -0.358 e. The van der Waals surface area contributed by atoms with E-state index in [4.69, 9.17) is 0 Å². The zero-order valence-corrected chi connectivity index (χ0v) is 16.3. The van der Waals surface area contributed by atoms with Crippen LogP contribution in [0, 0.1) is 7.43 Å². The van der Waals surface area contributed by atoms with Crippen LogP contribution in [0.15, 0.2) is 0 Å². The van der Waals surface area contributed by atoms with E-state index in [0.29, 0.717) is 0 Å². The van der Waals surface area contributed by atoms with E-state index in [9.17, 15) is 0 Å². The van der Waals surface area contributed by atoms with E-state index < -0.39 is 0 Å². The molecule has 0 rings (SSSR count). The second-order valence-electron chi connectivity index (χ2n) is 0. The molecule has 0 bridgehead atoms. The quantitative estimate of drug-likeness (QED) is 0.468. The first-order valence-electron chi connectivity index (χ1n) is 0. The van der Waals surface area contributed by atoms with Crippen LogP contribution in [-0.4, -0.2) is 0 Å². The Kier molecular flexibility index (Phi) is 2340. The van der Waals surface area contributed by atoms with Gasteiger partial charge in [-0.05, 0) is 0 Å². The van der Waals surface area contributed by atoms with Crippen LogP contribution in [0.3, 0.4) is 0 Å². The Labute approximate surface area is 135 Å². The van der Waals surface area contributed by atoms with Gasteiger partial charge in [0.15, 0.2) is 0 Å². The second kappa shape index (κ2) is 135. The summed E-state index contributed by atoms with van der Waals surface area (Å²) in [6.45, 7) is 0. The fourth-order valence-corrected chi connectivity index (χ4v) is 0. The van der Waals surface area contributed by atoms with Crippen LogP contribution in [-0.2, 0) is 21.1 Å². The Hall–Kier alpha value is 3.49. The average molecular weight is 472 g/mol. The molecule has 0 aromatic rings. The first-order chi connectivity index (χ1) is 0. The molecule has 78 valence electrons. The Bertz CT molecular complexity index is 9.22. The van der Waals surface area contributed by atoms with E-state index in [1.165, 1.54) is 0 Å². The van der Waals surface area contributed by atoms with E-state index >= 15 is 0 Å². The maximum atomic E-state index is 0. The van der Waals surface area contributed by atoms with Crippen LogP contribution in [0.5, 0.6) is 0 Å². The summed E-state index contributed by atoms with van der Waals surface area (Å²) in [6.07, 6.45) is 0. The molecule has 0 radical (unpaired) electrons. The van der Waals surface area contributed by atoms with Gasteiger partial charge in [0.2, 0.25) is 0 Å². The van der Waals surface area contributed by atoms with Crippen molar-refractivity contribution < 1.29 is 21.1 Å². The SMILES string of the molecule is S.S.S.S.S.S.S.S.[CH3-].[W]. The molecule has 0 amide bonds. The standard InChI is InChI=1S/CH3.8H2S.W/h1H3;8*1H2;/q-1;;;;;;;;;. The molecule has 0 aromatic carbocycles. The summed E-state index contributed by atoms with van der Waals surface area (Å²) in [7, 11) is 0. The van der Waals surface area contributed by atoms with Gasteiger partial charge in [-0.25, -0.2) is 0 Å². The van der Waals surface area contributed by atoms with Crippen molar-refractivity contribution in [3.63, 3.8) is 0 Å². The van der Waals surface area contributed by atoms with Gasteiger partial charge >= 0.3 is 0 Å². The third kappa shape index (κ3) is 104. The molecule has 0 aliphatic carbocycles. The van der Waals surface area contributed by atoms with Crippen LogP contribution in [0.4, 0.5) is 0 Å². The molecule has 0 spiro atoms. The molecule has 0 N–H and O–H groups in total. The molecule has 0 saturated carbocycles. The van der Waals surface area contributed by atoms with E-state index in [2.05, 4.69) is 0 Å². The maximum absolute atomic E-state index is 0. The summed E-state index contributed by atoms with van der Waals surface area (Å²) >= 11 is 0. The molecule has 0 aliphatic rings. The van der Waals surface area contributed by atoms with Gasteiger partial charge in [-0.3, -0.25) is 0 Å². The van der Waals surface area contributed by atoms with Crippen LogP contribution in [0.25, 0.3) is 0 Å². The van der Waals surface area contributed by atoms with Gasteiger partial charge in [0, 0.05) is 21.1 Å². The predicted octanol–water partition coefficient (Wildman–Crippen LogP) is 1.35. The molecule has 0 unspecified atom stereocenters. The molecule has 0 aromatic heterocycles. The fourth-order valence-electron chi connectivity index (χ4n) is 0. The van der Waals surface area contributed by atoms with Crippen LogP contribution < -0.4 is 0 Å². The van der Waals surface area contributed by atoms with Crippen molar-refractivity contribution in [1.82, 2.24) is 0 Å². The summed E-state index contributed by atoms with van der Waals surface area (Å²) in [5.41, 5.74) is 0. The molecule has 0 aliphatic heterocycles. The fraction of sp³-hybridized carbons (Fsp3) is 0. The van der Waals surface area contributed by atoms with Crippen LogP contribution in [0.2, 0.25) is 0 Å². The Morgan fingerprint density at radius 2 is 0.300 bits per heavy atom. The van der Waals surface area contributed by atoms with Gasteiger partial charge in [0.25, 0.3) is 0 Å². The first kappa shape index (κ1) is 173. The molecule has 9 heteroatoms. The smallest absolute Gasteiger partial charge is 0 e. The molecule has 0 heterocycles. The van der Waals surface area contributed by atoms with Gasteiger partial charge < -0.3 is 7.43 Å². The van der Waals surface area contributed by atoms with Crippen molar-refractivity contribution in [3.8, 4) is 0 Å². The summed E-state index contributed by atoms with van der Waals surface area (Å²) in [6, 6.07) is 0. The van der Waals surface area contributed by atoms with Crippen molar-refractivity contribution in [2.24, 2.45) is 0 Å². The third-order valence-electron chi connectivity index (χ3n) is 0. The van der Waals surface area contributed by atoms with Crippen molar-refractivity contribution in [2.75, 3.05) is 0 Å². The number of hydrogen-bond acceptors (Lipinski definition) is 0. The number of rotatable bonds is 0. The molecule has 10 heavy (non-hydrogen) atoms. The second-order valence-corrected chi connectivity index (χ2v) is 0. The molecule has 0 nitrogen and oxygen atoms in total. The summed E-state index contributed by atoms with van der Waals surface area (Å²) in [4.78, 5) is 0. The minimum atomic E-state index is 0. The van der Waals surface area contributed by atoms with Gasteiger partial charge in [0.1, 0.15) is 0 Å². The van der Waals surface area contributed by atoms with Crippen molar-refractivity contribution in [1.29, 1.82) is 0 Å². The molecular weight excluding hydrogens is 452 g/mol. The van der Waals surface area contributed by atoms with Gasteiger partial charge in [0.05, 0.1) is 0 Å². The van der Waals surface area contributed by atoms with E-state index in [0.717, 1.165) is 0 Å². The summed E-state index contributed by atoms with van der Waals surface area (Å²) in [5.74, 6) is 0. The maximum Gasteiger partial charge on any atom is 0 e. The van der Waals surface area contributed by atoms with Gasteiger partial charge in [-0.1, -0.05) is 0 Å². The zero-order valence-electron chi connectivity index (χ0n) is 5.41. The minimum absolute atomic E-state index is 0. The number of hydrogen-bond donors (Lipinski definition) is 0. The topological polar surface area (TPSA) is 0 Å².